The van der Waals surface area contributed by atoms with Crippen LogP contribution in [0.3, 0.4) is 0 Å². The lowest BCUT2D eigenvalue weighted by Gasteiger charge is -2.28. The molecule has 0 aliphatic carbocycles. The molecule has 1 aliphatic heterocycles. The lowest BCUT2D eigenvalue weighted by Crippen LogP contribution is -2.42. The highest BCUT2D eigenvalue weighted by Crippen LogP contribution is 2.28. The van der Waals surface area contributed by atoms with E-state index in [1.165, 1.54) is 16.4 Å². The number of sulfonamides is 1. The predicted octanol–water partition coefficient (Wildman–Crippen LogP) is 1.67. The third-order valence-corrected chi connectivity index (χ3v) is 8.21. The summed E-state index contributed by atoms with van der Waals surface area (Å²) in [5.74, 6) is -1.42. The summed E-state index contributed by atoms with van der Waals surface area (Å²) in [7, 11) is -7.23. The highest BCUT2D eigenvalue weighted by atomic mass is 32.2. The van der Waals surface area contributed by atoms with E-state index in [9.17, 15) is 21.6 Å². The van der Waals surface area contributed by atoms with Crippen LogP contribution in [0, 0.1) is 6.92 Å². The van der Waals surface area contributed by atoms with Crippen LogP contribution in [0.2, 0.25) is 0 Å². The molecule has 0 spiro atoms. The summed E-state index contributed by atoms with van der Waals surface area (Å²) >= 11 is 0. The standard InChI is InChI=1S/C16H23NO6S2/c1-3-4-8-17(14-7-9-24(20,21)11-14)25(22,23)15-10-13(16(18)19)6-5-12(15)2/h5-6,10,14H,3-4,7-9,11H2,1-2H3,(H,18,19)/t14-/m1/s1. The number of hydrogen-bond donors (Lipinski definition) is 1. The van der Waals surface area contributed by atoms with E-state index < -0.39 is 31.9 Å². The fourth-order valence-corrected chi connectivity index (χ4v) is 6.72. The van der Waals surface area contributed by atoms with Crippen LogP contribution < -0.4 is 0 Å². The maximum Gasteiger partial charge on any atom is 0.335 e. The Morgan fingerprint density at radius 3 is 2.56 bits per heavy atom. The third-order valence-electron chi connectivity index (χ3n) is 4.37. The number of carboxylic acids is 1. The molecule has 1 N–H and O–H groups in total. The Kier molecular flexibility index (Phi) is 5.90. The molecule has 0 radical (unpaired) electrons. The van der Waals surface area contributed by atoms with Crippen molar-refractivity contribution in [3.8, 4) is 0 Å². The zero-order valence-electron chi connectivity index (χ0n) is 14.3. The van der Waals surface area contributed by atoms with Crippen LogP contribution >= 0.6 is 0 Å². The fraction of sp³-hybridized carbons (Fsp3) is 0.562. The molecule has 1 aromatic carbocycles. The Morgan fingerprint density at radius 2 is 2.04 bits per heavy atom. The highest BCUT2D eigenvalue weighted by molar-refractivity contribution is 7.92. The Hall–Kier alpha value is -1.45. The quantitative estimate of drug-likeness (QED) is 0.760. The number of benzene rings is 1. The van der Waals surface area contributed by atoms with E-state index in [0.29, 0.717) is 12.0 Å². The molecule has 1 saturated heterocycles. The van der Waals surface area contributed by atoms with Gasteiger partial charge in [-0.05, 0) is 37.5 Å². The first-order valence-corrected chi connectivity index (χ1v) is 11.4. The molecule has 0 amide bonds. The van der Waals surface area contributed by atoms with Crippen molar-refractivity contribution in [3.05, 3.63) is 29.3 Å². The smallest absolute Gasteiger partial charge is 0.335 e. The molecule has 0 unspecified atom stereocenters. The minimum atomic E-state index is -3.99. The van der Waals surface area contributed by atoms with Gasteiger partial charge in [0.15, 0.2) is 9.84 Å². The molecule has 1 heterocycles. The SMILES string of the molecule is CCCCN([C@@H]1CCS(=O)(=O)C1)S(=O)(=O)c1cc(C(=O)O)ccc1C. The second kappa shape index (κ2) is 7.43. The van der Waals surface area contributed by atoms with Crippen molar-refractivity contribution in [1.29, 1.82) is 0 Å². The molecule has 0 bridgehead atoms. The minimum absolute atomic E-state index is 0.0238. The van der Waals surface area contributed by atoms with Crippen molar-refractivity contribution >= 4 is 25.8 Å². The monoisotopic (exact) mass is 389 g/mol. The summed E-state index contributed by atoms with van der Waals surface area (Å²) in [5.41, 5.74) is 0.325. The lowest BCUT2D eigenvalue weighted by molar-refractivity contribution is 0.0696. The molecule has 7 nitrogen and oxygen atoms in total. The van der Waals surface area contributed by atoms with Gasteiger partial charge in [0.2, 0.25) is 10.0 Å². The first kappa shape index (κ1) is 19.9. The van der Waals surface area contributed by atoms with E-state index >= 15 is 0 Å². The fourth-order valence-electron chi connectivity index (χ4n) is 2.95. The number of aromatic carboxylic acids is 1. The molecule has 0 saturated carbocycles. The average Bonchev–Trinajstić information content (AvgIpc) is 2.87. The van der Waals surface area contributed by atoms with Crippen molar-refractivity contribution in [3.63, 3.8) is 0 Å². The van der Waals surface area contributed by atoms with Crippen LogP contribution in [0.5, 0.6) is 0 Å². The summed E-state index contributed by atoms with van der Waals surface area (Å²) in [6, 6.07) is 3.36. The topological polar surface area (TPSA) is 109 Å². The molecule has 1 aliphatic rings. The number of unbranched alkanes of at least 4 members (excludes halogenated alkanes) is 1. The summed E-state index contributed by atoms with van der Waals surface area (Å²) in [4.78, 5) is 11.1. The summed E-state index contributed by atoms with van der Waals surface area (Å²) in [5, 5.41) is 9.14. The molecule has 1 atom stereocenters. The normalized spacial score (nSPS) is 20.0. The van der Waals surface area contributed by atoms with Crippen LogP contribution in [0.15, 0.2) is 23.1 Å². The largest absolute Gasteiger partial charge is 0.478 e. The van der Waals surface area contributed by atoms with E-state index in [0.717, 1.165) is 12.5 Å². The van der Waals surface area contributed by atoms with Crippen molar-refractivity contribution < 1.29 is 26.7 Å². The number of sulfone groups is 1. The van der Waals surface area contributed by atoms with Crippen molar-refractivity contribution in [2.45, 2.75) is 44.0 Å². The van der Waals surface area contributed by atoms with Gasteiger partial charge in [-0.1, -0.05) is 19.4 Å². The van der Waals surface area contributed by atoms with Gasteiger partial charge >= 0.3 is 5.97 Å². The van der Waals surface area contributed by atoms with Gasteiger partial charge in [0, 0.05) is 12.6 Å². The molecule has 2 rings (SSSR count). The summed E-state index contributed by atoms with van der Waals surface area (Å²) in [6.07, 6.45) is 1.63. The van der Waals surface area contributed by atoms with Gasteiger partial charge in [-0.2, -0.15) is 4.31 Å². The van der Waals surface area contributed by atoms with Crippen molar-refractivity contribution in [2.75, 3.05) is 18.1 Å². The second-order valence-corrected chi connectivity index (χ2v) is 10.4. The Balaban J connectivity index is 2.48. The first-order chi connectivity index (χ1) is 11.6. The Labute approximate surface area is 148 Å². The van der Waals surface area contributed by atoms with Crippen LogP contribution in [0.4, 0.5) is 0 Å². The molecule has 1 fully saturated rings. The zero-order valence-corrected chi connectivity index (χ0v) is 15.9. The van der Waals surface area contributed by atoms with Gasteiger partial charge in [-0.15, -0.1) is 0 Å². The molecule has 1 aromatic rings. The van der Waals surface area contributed by atoms with Gasteiger partial charge in [0.25, 0.3) is 0 Å². The molecule has 0 aromatic heterocycles. The van der Waals surface area contributed by atoms with Gasteiger partial charge in [0.1, 0.15) is 0 Å². The minimum Gasteiger partial charge on any atom is -0.478 e. The van der Waals surface area contributed by atoms with E-state index in [-0.39, 0.29) is 34.9 Å². The number of aryl methyl sites for hydroxylation is 1. The van der Waals surface area contributed by atoms with E-state index in [1.807, 2.05) is 6.92 Å². The lowest BCUT2D eigenvalue weighted by atomic mass is 10.1. The van der Waals surface area contributed by atoms with Crippen LogP contribution in [0.1, 0.15) is 42.1 Å². The van der Waals surface area contributed by atoms with Crippen LogP contribution in [0.25, 0.3) is 0 Å². The average molecular weight is 389 g/mol. The number of carboxylic acid groups (broad SMARTS) is 1. The third kappa shape index (κ3) is 4.39. The molecular formula is C16H23NO6S2. The maximum absolute atomic E-state index is 13.2. The van der Waals surface area contributed by atoms with E-state index in [2.05, 4.69) is 0 Å². The molecular weight excluding hydrogens is 366 g/mol. The first-order valence-electron chi connectivity index (χ1n) is 8.14. The number of nitrogens with zero attached hydrogens (tertiary/aromatic N) is 1. The molecule has 140 valence electrons. The van der Waals surface area contributed by atoms with Gasteiger partial charge in [0.05, 0.1) is 22.0 Å². The zero-order chi connectivity index (χ0) is 18.8. The van der Waals surface area contributed by atoms with Crippen molar-refractivity contribution in [1.82, 2.24) is 4.31 Å². The highest BCUT2D eigenvalue weighted by Gasteiger charge is 2.39. The summed E-state index contributed by atoms with van der Waals surface area (Å²) in [6.45, 7) is 3.74. The molecule has 25 heavy (non-hydrogen) atoms. The maximum atomic E-state index is 13.2. The number of hydrogen-bond acceptors (Lipinski definition) is 5. The van der Waals surface area contributed by atoms with E-state index in [1.54, 1.807) is 6.92 Å². The number of rotatable bonds is 7. The van der Waals surface area contributed by atoms with Crippen LogP contribution in [-0.4, -0.2) is 56.3 Å². The van der Waals surface area contributed by atoms with E-state index in [4.69, 9.17) is 5.11 Å². The van der Waals surface area contributed by atoms with Crippen molar-refractivity contribution in [2.24, 2.45) is 0 Å². The predicted molar refractivity (Wildman–Crippen MR) is 94.0 cm³/mol. The number of carbonyl (C=O) groups is 1. The van der Waals surface area contributed by atoms with Gasteiger partial charge in [-0.3, -0.25) is 0 Å². The van der Waals surface area contributed by atoms with Gasteiger partial charge < -0.3 is 5.11 Å². The van der Waals surface area contributed by atoms with Gasteiger partial charge in [-0.25, -0.2) is 21.6 Å². The second-order valence-electron chi connectivity index (χ2n) is 6.31. The Bertz CT molecular complexity index is 861. The van der Waals surface area contributed by atoms with Crippen LogP contribution in [-0.2, 0) is 19.9 Å². The Morgan fingerprint density at radius 1 is 1.36 bits per heavy atom. The molecule has 9 heteroatoms. The summed E-state index contributed by atoms with van der Waals surface area (Å²) < 4.78 is 51.2.